The zero-order valence-corrected chi connectivity index (χ0v) is 8.83. The number of nitro benzene ring substituents is 1. The largest absolute Gasteiger partial charge is 0.305 e. The van der Waals surface area contributed by atoms with Crippen molar-refractivity contribution in [3.05, 3.63) is 39.4 Å². The molecule has 0 heterocycles. The Hall–Kier alpha value is -1.60. The molecule has 1 N–H and O–H groups in total. The standard InChI is InChI=1S/C9H11F2N3O2/c1-13(2)12-5-6-3-9(14(15)16)8(11)4-7(6)10/h3-4,12H,5H2,1-2H3. The number of nitro groups is 1. The fourth-order valence-electron chi connectivity index (χ4n) is 1.10. The van der Waals surface area contributed by atoms with E-state index in [0.29, 0.717) is 6.07 Å². The molecule has 0 atom stereocenters. The SMILES string of the molecule is CN(C)NCc1cc([N+](=O)[O-])c(F)cc1F. The van der Waals surface area contributed by atoms with E-state index in [2.05, 4.69) is 5.43 Å². The lowest BCUT2D eigenvalue weighted by atomic mass is 10.2. The quantitative estimate of drug-likeness (QED) is 0.629. The summed E-state index contributed by atoms with van der Waals surface area (Å²) in [4.78, 5) is 9.55. The van der Waals surface area contributed by atoms with Crippen molar-refractivity contribution in [1.29, 1.82) is 0 Å². The number of rotatable bonds is 4. The minimum atomic E-state index is -1.17. The molecule has 0 aliphatic heterocycles. The van der Waals surface area contributed by atoms with Crippen molar-refractivity contribution in [3.63, 3.8) is 0 Å². The molecule has 0 radical (unpaired) electrons. The Morgan fingerprint density at radius 2 is 2.00 bits per heavy atom. The Morgan fingerprint density at radius 3 is 2.50 bits per heavy atom. The molecule has 5 nitrogen and oxygen atoms in total. The molecule has 7 heteroatoms. The second-order valence-electron chi connectivity index (χ2n) is 3.38. The van der Waals surface area contributed by atoms with E-state index >= 15 is 0 Å². The van der Waals surface area contributed by atoms with Crippen molar-refractivity contribution in [1.82, 2.24) is 10.4 Å². The van der Waals surface area contributed by atoms with Crippen molar-refractivity contribution < 1.29 is 13.7 Å². The van der Waals surface area contributed by atoms with E-state index in [1.54, 1.807) is 19.1 Å². The summed E-state index contributed by atoms with van der Waals surface area (Å²) in [5.41, 5.74) is 2.05. The Bertz CT molecular complexity index is 410. The first kappa shape index (κ1) is 12.5. The number of hydrogen-bond donors (Lipinski definition) is 1. The summed E-state index contributed by atoms with van der Waals surface area (Å²) in [6.45, 7) is 0.0555. The van der Waals surface area contributed by atoms with Crippen LogP contribution in [0.5, 0.6) is 0 Å². The molecule has 88 valence electrons. The molecular formula is C9H11F2N3O2. The third-order valence-electron chi connectivity index (χ3n) is 1.90. The first-order valence-electron chi connectivity index (χ1n) is 4.45. The second-order valence-corrected chi connectivity index (χ2v) is 3.38. The molecule has 0 fully saturated rings. The molecule has 0 aliphatic rings. The molecule has 0 spiro atoms. The maximum atomic E-state index is 13.2. The highest BCUT2D eigenvalue weighted by Crippen LogP contribution is 2.21. The molecule has 0 unspecified atom stereocenters. The summed E-state index contributed by atoms with van der Waals surface area (Å²) >= 11 is 0. The van der Waals surface area contributed by atoms with Crippen LogP contribution in [0.4, 0.5) is 14.5 Å². The molecule has 1 aromatic carbocycles. The summed E-state index contributed by atoms with van der Waals surface area (Å²) in [6.07, 6.45) is 0. The van der Waals surface area contributed by atoms with Gasteiger partial charge < -0.3 is 0 Å². The van der Waals surface area contributed by atoms with E-state index in [-0.39, 0.29) is 12.1 Å². The highest BCUT2D eigenvalue weighted by Gasteiger charge is 2.18. The summed E-state index contributed by atoms with van der Waals surface area (Å²) in [5.74, 6) is -1.98. The van der Waals surface area contributed by atoms with Crippen LogP contribution in [0.1, 0.15) is 5.56 Å². The van der Waals surface area contributed by atoms with Crippen molar-refractivity contribution in [2.24, 2.45) is 0 Å². The third-order valence-corrected chi connectivity index (χ3v) is 1.90. The maximum absolute atomic E-state index is 13.2. The predicted octanol–water partition coefficient (Wildman–Crippen LogP) is 1.44. The van der Waals surface area contributed by atoms with Crippen molar-refractivity contribution in [3.8, 4) is 0 Å². The predicted molar refractivity (Wildman–Crippen MR) is 53.5 cm³/mol. The van der Waals surface area contributed by atoms with Crippen LogP contribution in [0.2, 0.25) is 0 Å². The Balaban J connectivity index is 3.00. The van der Waals surface area contributed by atoms with Crippen LogP contribution >= 0.6 is 0 Å². The van der Waals surface area contributed by atoms with Gasteiger partial charge in [-0.1, -0.05) is 0 Å². The highest BCUT2D eigenvalue weighted by molar-refractivity contribution is 5.37. The second kappa shape index (κ2) is 4.95. The van der Waals surface area contributed by atoms with Gasteiger partial charge in [-0.05, 0) is 0 Å². The molecule has 0 saturated heterocycles. The monoisotopic (exact) mass is 231 g/mol. The number of halogens is 2. The van der Waals surface area contributed by atoms with Crippen LogP contribution in [0.3, 0.4) is 0 Å². The summed E-state index contributed by atoms with van der Waals surface area (Å²) < 4.78 is 26.2. The van der Waals surface area contributed by atoms with Gasteiger partial charge in [-0.15, -0.1) is 0 Å². The Labute approximate surface area is 90.8 Å². The lowest BCUT2D eigenvalue weighted by molar-refractivity contribution is -0.387. The van der Waals surface area contributed by atoms with E-state index in [4.69, 9.17) is 0 Å². The van der Waals surface area contributed by atoms with Gasteiger partial charge in [0.2, 0.25) is 5.82 Å². The zero-order chi connectivity index (χ0) is 12.3. The van der Waals surface area contributed by atoms with Gasteiger partial charge in [0.05, 0.1) is 4.92 Å². The van der Waals surface area contributed by atoms with Crippen LogP contribution < -0.4 is 5.43 Å². The lowest BCUT2D eigenvalue weighted by Crippen LogP contribution is -2.30. The Morgan fingerprint density at radius 1 is 1.38 bits per heavy atom. The van der Waals surface area contributed by atoms with Gasteiger partial charge in [-0.3, -0.25) is 20.5 Å². The molecular weight excluding hydrogens is 220 g/mol. The molecule has 0 saturated carbocycles. The van der Waals surface area contributed by atoms with E-state index in [1.807, 2.05) is 0 Å². The molecule has 0 aromatic heterocycles. The number of nitrogens with one attached hydrogen (secondary N) is 1. The molecule has 0 aliphatic carbocycles. The third kappa shape index (κ3) is 2.94. The Kier molecular flexibility index (Phi) is 3.86. The van der Waals surface area contributed by atoms with Crippen molar-refractivity contribution >= 4 is 5.69 Å². The molecule has 0 bridgehead atoms. The number of hydrogen-bond acceptors (Lipinski definition) is 4. The topological polar surface area (TPSA) is 58.4 Å². The van der Waals surface area contributed by atoms with Gasteiger partial charge >= 0.3 is 5.69 Å². The van der Waals surface area contributed by atoms with Gasteiger partial charge in [0.15, 0.2) is 0 Å². The van der Waals surface area contributed by atoms with Crippen molar-refractivity contribution in [2.45, 2.75) is 6.54 Å². The van der Waals surface area contributed by atoms with E-state index < -0.39 is 22.2 Å². The summed E-state index contributed by atoms with van der Waals surface area (Å²) in [5, 5.41) is 12.0. The van der Waals surface area contributed by atoms with Gasteiger partial charge in [0, 0.05) is 38.3 Å². The van der Waals surface area contributed by atoms with Crippen molar-refractivity contribution in [2.75, 3.05) is 14.1 Å². The molecule has 1 aromatic rings. The van der Waals surface area contributed by atoms with E-state index in [1.165, 1.54) is 0 Å². The van der Waals surface area contributed by atoms with E-state index in [9.17, 15) is 18.9 Å². The van der Waals surface area contributed by atoms with Crippen LogP contribution in [0, 0.1) is 21.7 Å². The minimum absolute atomic E-state index is 0.0433. The lowest BCUT2D eigenvalue weighted by Gasteiger charge is -2.12. The number of hydrazine groups is 1. The molecule has 0 amide bonds. The number of benzene rings is 1. The van der Waals surface area contributed by atoms with Crippen LogP contribution in [-0.2, 0) is 6.54 Å². The fourth-order valence-corrected chi connectivity index (χ4v) is 1.10. The van der Waals surface area contributed by atoms with Crippen LogP contribution in [0.25, 0.3) is 0 Å². The van der Waals surface area contributed by atoms with Gasteiger partial charge in [0.1, 0.15) is 5.82 Å². The molecule has 1 rings (SSSR count). The zero-order valence-electron chi connectivity index (χ0n) is 8.83. The van der Waals surface area contributed by atoms with Gasteiger partial charge in [-0.2, -0.15) is 4.39 Å². The van der Waals surface area contributed by atoms with Crippen LogP contribution in [0.15, 0.2) is 12.1 Å². The molecule has 16 heavy (non-hydrogen) atoms. The first-order chi connectivity index (χ1) is 7.41. The minimum Gasteiger partial charge on any atom is -0.258 e. The average Bonchev–Trinajstić information content (AvgIpc) is 2.15. The highest BCUT2D eigenvalue weighted by atomic mass is 19.1. The van der Waals surface area contributed by atoms with E-state index in [0.717, 1.165) is 6.07 Å². The summed E-state index contributed by atoms with van der Waals surface area (Å²) in [7, 11) is 3.38. The van der Waals surface area contributed by atoms with Crippen LogP contribution in [-0.4, -0.2) is 24.0 Å². The fraction of sp³-hybridized carbons (Fsp3) is 0.333. The maximum Gasteiger partial charge on any atom is 0.305 e. The average molecular weight is 231 g/mol. The smallest absolute Gasteiger partial charge is 0.258 e. The first-order valence-corrected chi connectivity index (χ1v) is 4.45. The normalized spacial score (nSPS) is 10.8. The van der Waals surface area contributed by atoms with Gasteiger partial charge in [-0.25, -0.2) is 4.39 Å². The van der Waals surface area contributed by atoms with Gasteiger partial charge in [0.25, 0.3) is 0 Å². The summed E-state index contributed by atoms with van der Waals surface area (Å²) in [6, 6.07) is 1.41. The number of nitrogens with zero attached hydrogens (tertiary/aromatic N) is 2.